The molecule has 96 valence electrons. The molecule has 2 atom stereocenters. The van der Waals surface area contributed by atoms with E-state index in [0.29, 0.717) is 25.8 Å². The Kier molecular flexibility index (Phi) is 7.01. The van der Waals surface area contributed by atoms with Gasteiger partial charge in [0.1, 0.15) is 0 Å². The molecule has 1 aliphatic rings. The smallest absolute Gasteiger partial charge is 0.0897 e. The summed E-state index contributed by atoms with van der Waals surface area (Å²) in [6, 6.07) is 0.525. The number of nitrogens with one attached hydrogen (secondary N) is 1. The van der Waals surface area contributed by atoms with Gasteiger partial charge in [0.15, 0.2) is 0 Å². The number of hydrogen-bond donors (Lipinski definition) is 2. The monoisotopic (exact) mass is 229 g/mol. The Bertz CT molecular complexity index is 169. The van der Waals surface area contributed by atoms with Crippen molar-refractivity contribution in [3.63, 3.8) is 0 Å². The standard InChI is InChI=1S/C13H27NO2/c1-3-16-10-13(15)9-14-11(2)12-7-5-4-6-8-12/h11-15H,3-10H2,1-2H3/t11-,13?/m1/s1. The van der Waals surface area contributed by atoms with E-state index in [9.17, 15) is 5.11 Å². The summed E-state index contributed by atoms with van der Waals surface area (Å²) in [5, 5.41) is 13.1. The molecule has 3 heteroatoms. The quantitative estimate of drug-likeness (QED) is 0.701. The minimum atomic E-state index is -0.369. The van der Waals surface area contributed by atoms with Gasteiger partial charge in [-0.2, -0.15) is 0 Å². The van der Waals surface area contributed by atoms with Crippen LogP contribution >= 0.6 is 0 Å². The molecule has 1 saturated carbocycles. The maximum Gasteiger partial charge on any atom is 0.0897 e. The van der Waals surface area contributed by atoms with E-state index in [4.69, 9.17) is 4.74 Å². The number of ether oxygens (including phenoxy) is 1. The van der Waals surface area contributed by atoms with Gasteiger partial charge in [-0.25, -0.2) is 0 Å². The van der Waals surface area contributed by atoms with Gasteiger partial charge in [-0.3, -0.25) is 0 Å². The molecule has 0 bridgehead atoms. The maximum absolute atomic E-state index is 9.64. The van der Waals surface area contributed by atoms with Crippen molar-refractivity contribution in [3.8, 4) is 0 Å². The van der Waals surface area contributed by atoms with Gasteiger partial charge in [0.05, 0.1) is 12.7 Å². The highest BCUT2D eigenvalue weighted by Crippen LogP contribution is 2.26. The molecule has 2 N–H and O–H groups in total. The Balaban J connectivity index is 2.10. The van der Waals surface area contributed by atoms with Crippen molar-refractivity contribution in [2.24, 2.45) is 5.92 Å². The number of aliphatic hydroxyl groups excluding tert-OH is 1. The Hall–Kier alpha value is -0.120. The molecule has 0 aromatic carbocycles. The second-order valence-corrected chi connectivity index (χ2v) is 4.91. The van der Waals surface area contributed by atoms with Crippen LogP contribution in [-0.4, -0.2) is 37.0 Å². The molecule has 0 aromatic heterocycles. The van der Waals surface area contributed by atoms with E-state index in [-0.39, 0.29) is 6.10 Å². The normalized spacial score (nSPS) is 21.9. The van der Waals surface area contributed by atoms with Crippen molar-refractivity contribution < 1.29 is 9.84 Å². The molecule has 1 fully saturated rings. The first-order valence-corrected chi connectivity index (χ1v) is 6.73. The van der Waals surface area contributed by atoms with Crippen LogP contribution in [0.3, 0.4) is 0 Å². The fraction of sp³-hybridized carbons (Fsp3) is 1.00. The summed E-state index contributed by atoms with van der Waals surface area (Å²) in [7, 11) is 0. The molecule has 0 amide bonds. The number of rotatable bonds is 7. The van der Waals surface area contributed by atoms with Crippen LogP contribution < -0.4 is 5.32 Å². The summed E-state index contributed by atoms with van der Waals surface area (Å²) in [4.78, 5) is 0. The van der Waals surface area contributed by atoms with Crippen LogP contribution in [0, 0.1) is 5.92 Å². The summed E-state index contributed by atoms with van der Waals surface area (Å²) in [6.07, 6.45) is 6.46. The zero-order valence-corrected chi connectivity index (χ0v) is 10.7. The van der Waals surface area contributed by atoms with Gasteiger partial charge in [0.2, 0.25) is 0 Å². The van der Waals surface area contributed by atoms with E-state index >= 15 is 0 Å². The predicted molar refractivity (Wildman–Crippen MR) is 66.5 cm³/mol. The SMILES string of the molecule is CCOCC(O)CN[C@H](C)C1CCCCC1. The van der Waals surface area contributed by atoms with E-state index < -0.39 is 0 Å². The van der Waals surface area contributed by atoms with Crippen LogP contribution in [0.1, 0.15) is 46.0 Å². The second kappa shape index (κ2) is 8.04. The third kappa shape index (κ3) is 5.28. The lowest BCUT2D eigenvalue weighted by Gasteiger charge is -2.29. The minimum absolute atomic E-state index is 0.369. The van der Waals surface area contributed by atoms with Crippen molar-refractivity contribution in [3.05, 3.63) is 0 Å². The highest BCUT2D eigenvalue weighted by Gasteiger charge is 2.20. The van der Waals surface area contributed by atoms with Crippen LogP contribution in [0.2, 0.25) is 0 Å². The Morgan fingerprint density at radius 1 is 1.31 bits per heavy atom. The fourth-order valence-corrected chi connectivity index (χ4v) is 2.44. The van der Waals surface area contributed by atoms with E-state index in [2.05, 4.69) is 12.2 Å². The third-order valence-electron chi connectivity index (χ3n) is 3.55. The zero-order valence-electron chi connectivity index (χ0n) is 10.7. The first-order chi connectivity index (χ1) is 7.74. The molecular formula is C13H27NO2. The summed E-state index contributed by atoms with van der Waals surface area (Å²) >= 11 is 0. The molecule has 1 aliphatic carbocycles. The molecule has 0 heterocycles. The maximum atomic E-state index is 9.64. The lowest BCUT2D eigenvalue weighted by molar-refractivity contribution is 0.0401. The molecule has 0 saturated heterocycles. The van der Waals surface area contributed by atoms with E-state index in [1.165, 1.54) is 32.1 Å². The van der Waals surface area contributed by atoms with E-state index in [1.54, 1.807) is 0 Å². The van der Waals surface area contributed by atoms with Crippen molar-refractivity contribution >= 4 is 0 Å². The van der Waals surface area contributed by atoms with Gasteiger partial charge in [-0.1, -0.05) is 19.3 Å². The average Bonchev–Trinajstić information content (AvgIpc) is 2.34. The molecule has 0 aliphatic heterocycles. The van der Waals surface area contributed by atoms with Crippen molar-refractivity contribution in [2.45, 2.75) is 58.1 Å². The van der Waals surface area contributed by atoms with Crippen LogP contribution in [0.5, 0.6) is 0 Å². The van der Waals surface area contributed by atoms with Gasteiger partial charge >= 0.3 is 0 Å². The molecule has 0 aromatic rings. The number of hydrogen-bond acceptors (Lipinski definition) is 3. The fourth-order valence-electron chi connectivity index (χ4n) is 2.44. The summed E-state index contributed by atoms with van der Waals surface area (Å²) in [5.41, 5.74) is 0. The highest BCUT2D eigenvalue weighted by atomic mass is 16.5. The molecule has 3 nitrogen and oxygen atoms in total. The lowest BCUT2D eigenvalue weighted by Crippen LogP contribution is -2.40. The van der Waals surface area contributed by atoms with Crippen LogP contribution in [-0.2, 0) is 4.74 Å². The van der Waals surface area contributed by atoms with E-state index in [0.717, 1.165) is 5.92 Å². The topological polar surface area (TPSA) is 41.5 Å². The van der Waals surface area contributed by atoms with Crippen molar-refractivity contribution in [1.82, 2.24) is 5.32 Å². The Morgan fingerprint density at radius 3 is 2.62 bits per heavy atom. The van der Waals surface area contributed by atoms with E-state index in [1.807, 2.05) is 6.92 Å². The van der Waals surface area contributed by atoms with Crippen LogP contribution in [0.15, 0.2) is 0 Å². The molecule has 16 heavy (non-hydrogen) atoms. The second-order valence-electron chi connectivity index (χ2n) is 4.91. The largest absolute Gasteiger partial charge is 0.389 e. The van der Waals surface area contributed by atoms with Crippen molar-refractivity contribution in [2.75, 3.05) is 19.8 Å². The van der Waals surface area contributed by atoms with Crippen LogP contribution in [0.4, 0.5) is 0 Å². The Labute approximate surface area is 99.6 Å². The molecule has 1 unspecified atom stereocenters. The predicted octanol–water partition coefficient (Wildman–Crippen LogP) is 1.94. The number of aliphatic hydroxyl groups is 1. The van der Waals surface area contributed by atoms with Gasteiger partial charge in [-0.15, -0.1) is 0 Å². The summed E-state index contributed by atoms with van der Waals surface area (Å²) in [5.74, 6) is 0.799. The molecule has 0 spiro atoms. The highest BCUT2D eigenvalue weighted by molar-refractivity contribution is 4.76. The van der Waals surface area contributed by atoms with Crippen molar-refractivity contribution in [1.29, 1.82) is 0 Å². The first-order valence-electron chi connectivity index (χ1n) is 6.73. The Morgan fingerprint density at radius 2 is 2.00 bits per heavy atom. The molecule has 0 radical (unpaired) electrons. The summed E-state index contributed by atoms with van der Waals surface area (Å²) in [6.45, 7) is 5.96. The minimum Gasteiger partial charge on any atom is -0.389 e. The van der Waals surface area contributed by atoms with Gasteiger partial charge in [0, 0.05) is 19.2 Å². The lowest BCUT2D eigenvalue weighted by atomic mass is 9.84. The van der Waals surface area contributed by atoms with Gasteiger partial charge < -0.3 is 15.2 Å². The molecular weight excluding hydrogens is 202 g/mol. The zero-order chi connectivity index (χ0) is 11.8. The molecule has 1 rings (SSSR count). The van der Waals surface area contributed by atoms with Gasteiger partial charge in [0.25, 0.3) is 0 Å². The van der Waals surface area contributed by atoms with Crippen LogP contribution in [0.25, 0.3) is 0 Å². The summed E-state index contributed by atoms with van der Waals surface area (Å²) < 4.78 is 5.18. The third-order valence-corrected chi connectivity index (χ3v) is 3.55. The van der Waals surface area contributed by atoms with Gasteiger partial charge in [-0.05, 0) is 32.6 Å². The average molecular weight is 229 g/mol. The first kappa shape index (κ1) is 13.9.